The number of hydrogen-bond donors (Lipinski definition) is 0. The lowest BCUT2D eigenvalue weighted by Gasteiger charge is -2.15. The zero-order chi connectivity index (χ0) is 17.8. The van der Waals surface area contributed by atoms with E-state index in [1.54, 1.807) is 12.1 Å². The summed E-state index contributed by atoms with van der Waals surface area (Å²) >= 11 is 6.16. The van der Waals surface area contributed by atoms with Crippen molar-refractivity contribution in [1.29, 1.82) is 0 Å². The number of non-ortho nitro benzene ring substituents is 1. The molecule has 2 aromatic carbocycles. The van der Waals surface area contributed by atoms with E-state index in [1.165, 1.54) is 12.1 Å². The summed E-state index contributed by atoms with van der Waals surface area (Å²) in [6.07, 6.45) is 0. The van der Waals surface area contributed by atoms with Gasteiger partial charge in [0.05, 0.1) is 11.5 Å². The van der Waals surface area contributed by atoms with Crippen LogP contribution in [0.2, 0.25) is 5.02 Å². The molecule has 3 aromatic rings. The molecule has 0 N–H and O–H groups in total. The molecule has 0 bridgehead atoms. The third kappa shape index (κ3) is 4.20. The molecule has 0 aliphatic carbocycles. The van der Waals surface area contributed by atoms with Crippen LogP contribution in [-0.2, 0) is 13.1 Å². The Morgan fingerprint density at radius 2 is 1.84 bits per heavy atom. The van der Waals surface area contributed by atoms with Crippen molar-refractivity contribution >= 4 is 17.3 Å². The Hall–Kier alpha value is -2.77. The van der Waals surface area contributed by atoms with Crippen molar-refractivity contribution in [3.8, 4) is 11.5 Å². The predicted molar refractivity (Wildman–Crippen MR) is 93.0 cm³/mol. The molecular formula is C17H15ClN4O3. The number of aromatic nitrogens is 2. The second kappa shape index (κ2) is 7.42. The van der Waals surface area contributed by atoms with Crippen LogP contribution in [0.3, 0.4) is 0 Å². The van der Waals surface area contributed by atoms with Crippen LogP contribution in [0.4, 0.5) is 5.69 Å². The molecule has 8 heteroatoms. The number of rotatable bonds is 6. The van der Waals surface area contributed by atoms with Crippen LogP contribution in [0.15, 0.2) is 52.9 Å². The van der Waals surface area contributed by atoms with Gasteiger partial charge in [-0.15, -0.1) is 10.2 Å². The maximum Gasteiger partial charge on any atom is 0.269 e. The number of halogens is 1. The van der Waals surface area contributed by atoms with Gasteiger partial charge in [0.25, 0.3) is 5.69 Å². The minimum absolute atomic E-state index is 0.0166. The highest BCUT2D eigenvalue weighted by molar-refractivity contribution is 6.31. The summed E-state index contributed by atoms with van der Waals surface area (Å²) in [6, 6.07) is 13.6. The highest BCUT2D eigenvalue weighted by Gasteiger charge is 2.13. The lowest BCUT2D eigenvalue weighted by atomic mass is 10.2. The van der Waals surface area contributed by atoms with Crippen LogP contribution in [-0.4, -0.2) is 27.1 Å². The molecule has 0 atom stereocenters. The van der Waals surface area contributed by atoms with Gasteiger partial charge < -0.3 is 4.42 Å². The largest absolute Gasteiger partial charge is 0.419 e. The van der Waals surface area contributed by atoms with Crippen molar-refractivity contribution in [3.63, 3.8) is 0 Å². The summed E-state index contributed by atoms with van der Waals surface area (Å²) in [5.41, 5.74) is 1.67. The Morgan fingerprint density at radius 1 is 1.12 bits per heavy atom. The van der Waals surface area contributed by atoms with Crippen LogP contribution >= 0.6 is 11.6 Å². The Balaban J connectivity index is 1.67. The highest BCUT2D eigenvalue weighted by atomic mass is 35.5. The minimum atomic E-state index is -0.452. The van der Waals surface area contributed by atoms with E-state index in [0.29, 0.717) is 35.5 Å². The molecule has 0 aliphatic heterocycles. The fourth-order valence-electron chi connectivity index (χ4n) is 2.36. The third-order valence-electron chi connectivity index (χ3n) is 3.60. The van der Waals surface area contributed by atoms with E-state index < -0.39 is 4.92 Å². The van der Waals surface area contributed by atoms with Gasteiger partial charge in [-0.05, 0) is 30.8 Å². The number of nitro groups is 1. The summed E-state index contributed by atoms with van der Waals surface area (Å²) in [4.78, 5) is 12.2. The van der Waals surface area contributed by atoms with Crippen LogP contribution in [0.1, 0.15) is 11.5 Å². The van der Waals surface area contributed by atoms with Crippen LogP contribution in [0, 0.1) is 10.1 Å². The molecule has 25 heavy (non-hydrogen) atoms. The summed E-state index contributed by atoms with van der Waals surface area (Å²) in [6.45, 7) is 1.11. The average molecular weight is 359 g/mol. The van der Waals surface area contributed by atoms with E-state index >= 15 is 0 Å². The van der Waals surface area contributed by atoms with Crippen LogP contribution in [0.5, 0.6) is 0 Å². The Bertz CT molecular complexity index is 880. The molecule has 0 aliphatic rings. The molecule has 0 fully saturated rings. The Labute approximate surface area is 149 Å². The highest BCUT2D eigenvalue weighted by Crippen LogP contribution is 2.22. The van der Waals surface area contributed by atoms with Crippen molar-refractivity contribution < 1.29 is 9.34 Å². The van der Waals surface area contributed by atoms with Gasteiger partial charge in [0.2, 0.25) is 11.8 Å². The molecule has 0 radical (unpaired) electrons. The number of hydrogen-bond acceptors (Lipinski definition) is 6. The van der Waals surface area contributed by atoms with Crippen LogP contribution < -0.4 is 0 Å². The lowest BCUT2D eigenvalue weighted by Crippen LogP contribution is -2.17. The van der Waals surface area contributed by atoms with Crippen molar-refractivity contribution in [2.24, 2.45) is 0 Å². The number of benzene rings is 2. The van der Waals surface area contributed by atoms with Crippen molar-refractivity contribution in [2.75, 3.05) is 7.05 Å². The van der Waals surface area contributed by atoms with E-state index in [-0.39, 0.29) is 5.69 Å². The molecule has 0 amide bonds. The molecule has 0 saturated carbocycles. The zero-order valence-electron chi connectivity index (χ0n) is 13.4. The lowest BCUT2D eigenvalue weighted by molar-refractivity contribution is -0.384. The topological polar surface area (TPSA) is 85.3 Å². The maximum atomic E-state index is 10.7. The first kappa shape index (κ1) is 17.1. The summed E-state index contributed by atoms with van der Waals surface area (Å²) in [5.74, 6) is 0.791. The molecule has 3 rings (SSSR count). The van der Waals surface area contributed by atoms with Gasteiger partial charge in [-0.1, -0.05) is 29.8 Å². The van der Waals surface area contributed by atoms with Gasteiger partial charge in [-0.25, -0.2) is 0 Å². The van der Waals surface area contributed by atoms with Gasteiger partial charge in [0.15, 0.2) is 0 Å². The maximum absolute atomic E-state index is 10.7. The van der Waals surface area contributed by atoms with E-state index in [1.807, 2.05) is 36.2 Å². The summed E-state index contributed by atoms with van der Waals surface area (Å²) in [5, 5.41) is 19.4. The van der Waals surface area contributed by atoms with Gasteiger partial charge >= 0.3 is 0 Å². The molecule has 128 valence electrons. The fraction of sp³-hybridized carbons (Fsp3) is 0.176. The second-order valence-electron chi connectivity index (χ2n) is 5.57. The SMILES string of the molecule is CN(Cc1nnc(-c2ccc([N+](=O)[O-])cc2)o1)Cc1ccccc1Cl. The smallest absolute Gasteiger partial charge is 0.269 e. The molecule has 0 spiro atoms. The molecule has 0 unspecified atom stereocenters. The number of nitrogens with zero attached hydrogens (tertiary/aromatic N) is 4. The van der Waals surface area contributed by atoms with Crippen molar-refractivity contribution in [3.05, 3.63) is 75.1 Å². The first-order valence-electron chi connectivity index (χ1n) is 7.52. The van der Waals surface area contributed by atoms with E-state index in [4.69, 9.17) is 16.0 Å². The molecule has 1 aromatic heterocycles. The van der Waals surface area contributed by atoms with E-state index in [2.05, 4.69) is 10.2 Å². The third-order valence-corrected chi connectivity index (χ3v) is 3.96. The van der Waals surface area contributed by atoms with Gasteiger partial charge in [0, 0.05) is 29.3 Å². The second-order valence-corrected chi connectivity index (χ2v) is 5.98. The quantitative estimate of drug-likeness (QED) is 0.490. The first-order valence-corrected chi connectivity index (χ1v) is 7.90. The first-order chi connectivity index (χ1) is 12.0. The predicted octanol–water partition coefficient (Wildman–Crippen LogP) is 3.93. The van der Waals surface area contributed by atoms with Crippen LogP contribution in [0.25, 0.3) is 11.5 Å². The fourth-order valence-corrected chi connectivity index (χ4v) is 2.56. The van der Waals surface area contributed by atoms with Gasteiger partial charge in [-0.3, -0.25) is 15.0 Å². The van der Waals surface area contributed by atoms with Crippen molar-refractivity contribution in [2.45, 2.75) is 13.1 Å². The summed E-state index contributed by atoms with van der Waals surface area (Å²) in [7, 11) is 1.93. The summed E-state index contributed by atoms with van der Waals surface area (Å²) < 4.78 is 5.64. The molecule has 0 saturated heterocycles. The Morgan fingerprint density at radius 3 is 2.52 bits per heavy atom. The molecule has 7 nitrogen and oxygen atoms in total. The Kier molecular flexibility index (Phi) is 5.06. The molecule has 1 heterocycles. The van der Waals surface area contributed by atoms with E-state index in [9.17, 15) is 10.1 Å². The number of nitro benzene ring substituents is 1. The minimum Gasteiger partial charge on any atom is -0.419 e. The van der Waals surface area contributed by atoms with E-state index in [0.717, 1.165) is 5.56 Å². The molecular weight excluding hydrogens is 344 g/mol. The van der Waals surface area contributed by atoms with Gasteiger partial charge in [0.1, 0.15) is 0 Å². The monoisotopic (exact) mass is 358 g/mol. The van der Waals surface area contributed by atoms with Crippen molar-refractivity contribution in [1.82, 2.24) is 15.1 Å². The normalized spacial score (nSPS) is 11.0. The average Bonchev–Trinajstić information content (AvgIpc) is 3.05. The standard InChI is InChI=1S/C17H15ClN4O3/c1-21(10-13-4-2-3-5-15(13)18)11-16-19-20-17(25-16)12-6-8-14(9-7-12)22(23)24/h2-9H,10-11H2,1H3. The van der Waals surface area contributed by atoms with Gasteiger partial charge in [-0.2, -0.15) is 0 Å². The zero-order valence-corrected chi connectivity index (χ0v) is 14.2.